The molecule has 0 aliphatic heterocycles. The molecule has 0 unspecified atom stereocenters. The number of carbonyl (C=O) groups is 1. The maximum Gasteiger partial charge on any atom is 0.220 e. The van der Waals surface area contributed by atoms with E-state index in [-0.39, 0.29) is 5.91 Å². The Balaban J connectivity index is 1.48. The molecule has 18 heavy (non-hydrogen) atoms. The summed E-state index contributed by atoms with van der Waals surface area (Å²) in [7, 11) is 0. The molecule has 0 atom stereocenters. The molecular formula is C14H23N3O. The summed E-state index contributed by atoms with van der Waals surface area (Å²) in [5.41, 5.74) is 1.17. The third-order valence-electron chi connectivity index (χ3n) is 3.70. The van der Waals surface area contributed by atoms with Gasteiger partial charge in [-0.15, -0.1) is 0 Å². The third kappa shape index (κ3) is 4.51. The van der Waals surface area contributed by atoms with E-state index in [1.165, 1.54) is 31.4 Å². The quantitative estimate of drug-likeness (QED) is 0.729. The predicted octanol–water partition coefficient (Wildman–Crippen LogP) is 2.43. The van der Waals surface area contributed by atoms with Crippen LogP contribution in [0.2, 0.25) is 0 Å². The zero-order chi connectivity index (χ0) is 12.6. The molecule has 1 aromatic rings. The monoisotopic (exact) mass is 249 g/mol. The van der Waals surface area contributed by atoms with Crippen molar-refractivity contribution in [3.63, 3.8) is 0 Å². The molecule has 1 amide bonds. The number of aromatic nitrogens is 2. The molecule has 0 saturated heterocycles. The molecule has 2 N–H and O–H groups in total. The van der Waals surface area contributed by atoms with Crippen LogP contribution in [0, 0.1) is 5.92 Å². The Morgan fingerprint density at radius 1 is 1.39 bits per heavy atom. The zero-order valence-corrected chi connectivity index (χ0v) is 11.0. The van der Waals surface area contributed by atoms with Gasteiger partial charge in [-0.05, 0) is 38.0 Å². The van der Waals surface area contributed by atoms with Crippen LogP contribution in [-0.2, 0) is 11.2 Å². The van der Waals surface area contributed by atoms with Gasteiger partial charge in [-0.2, -0.15) is 0 Å². The van der Waals surface area contributed by atoms with E-state index in [9.17, 15) is 4.79 Å². The number of rotatable bonds is 7. The molecule has 100 valence electrons. The fraction of sp³-hybridized carbons (Fsp3) is 0.714. The minimum Gasteiger partial charge on any atom is -0.356 e. The maximum atomic E-state index is 11.7. The number of nitrogens with one attached hydrogen (secondary N) is 2. The molecule has 4 nitrogen and oxygen atoms in total. The van der Waals surface area contributed by atoms with Gasteiger partial charge in [-0.1, -0.05) is 12.8 Å². The Morgan fingerprint density at radius 3 is 2.94 bits per heavy atom. The molecule has 1 saturated carbocycles. The van der Waals surface area contributed by atoms with Crippen molar-refractivity contribution in [3.8, 4) is 0 Å². The summed E-state index contributed by atoms with van der Waals surface area (Å²) >= 11 is 0. The van der Waals surface area contributed by atoms with E-state index in [0.717, 1.165) is 32.2 Å². The smallest absolute Gasteiger partial charge is 0.220 e. The second-order valence-electron chi connectivity index (χ2n) is 5.24. The lowest BCUT2D eigenvalue weighted by Gasteiger charge is -2.09. The molecule has 1 heterocycles. The van der Waals surface area contributed by atoms with Crippen molar-refractivity contribution >= 4 is 5.91 Å². The van der Waals surface area contributed by atoms with Crippen molar-refractivity contribution in [1.29, 1.82) is 0 Å². The van der Waals surface area contributed by atoms with Gasteiger partial charge in [0.15, 0.2) is 0 Å². The molecule has 1 aromatic heterocycles. The largest absolute Gasteiger partial charge is 0.356 e. The number of hydrogen-bond donors (Lipinski definition) is 2. The van der Waals surface area contributed by atoms with Crippen molar-refractivity contribution in [1.82, 2.24) is 15.3 Å². The summed E-state index contributed by atoms with van der Waals surface area (Å²) in [6.45, 7) is 0.805. The summed E-state index contributed by atoms with van der Waals surface area (Å²) in [6.07, 6.45) is 12.5. The lowest BCUT2D eigenvalue weighted by Crippen LogP contribution is -2.26. The Labute approximate surface area is 109 Å². The van der Waals surface area contributed by atoms with Crippen LogP contribution in [0.25, 0.3) is 0 Å². The van der Waals surface area contributed by atoms with E-state index in [1.54, 1.807) is 6.33 Å². The fourth-order valence-electron chi connectivity index (χ4n) is 2.64. The molecule has 0 radical (unpaired) electrons. The first-order valence-electron chi connectivity index (χ1n) is 7.08. The number of carbonyl (C=O) groups excluding carboxylic acids is 1. The summed E-state index contributed by atoms with van der Waals surface area (Å²) in [4.78, 5) is 18.7. The Bertz CT molecular complexity index is 342. The predicted molar refractivity (Wildman–Crippen MR) is 71.1 cm³/mol. The number of amides is 1. The number of unbranched alkanes of at least 4 members (excludes halogenated alkanes) is 1. The van der Waals surface area contributed by atoms with E-state index in [2.05, 4.69) is 15.3 Å². The first-order valence-corrected chi connectivity index (χ1v) is 7.08. The number of aryl methyl sites for hydroxylation is 1. The highest BCUT2D eigenvalue weighted by molar-refractivity contribution is 5.76. The molecule has 0 aromatic carbocycles. The average molecular weight is 249 g/mol. The third-order valence-corrected chi connectivity index (χ3v) is 3.70. The number of hydrogen-bond acceptors (Lipinski definition) is 2. The van der Waals surface area contributed by atoms with Crippen molar-refractivity contribution in [2.75, 3.05) is 6.54 Å². The normalized spacial score (nSPS) is 16.0. The van der Waals surface area contributed by atoms with E-state index in [4.69, 9.17) is 0 Å². The highest BCUT2D eigenvalue weighted by Crippen LogP contribution is 2.27. The van der Waals surface area contributed by atoms with Crippen LogP contribution < -0.4 is 5.32 Å². The Hall–Kier alpha value is -1.32. The fourth-order valence-corrected chi connectivity index (χ4v) is 2.64. The minimum atomic E-state index is 0.239. The molecule has 4 heteroatoms. The van der Waals surface area contributed by atoms with Crippen LogP contribution in [-0.4, -0.2) is 22.4 Å². The van der Waals surface area contributed by atoms with Gasteiger partial charge in [-0.3, -0.25) is 4.79 Å². The van der Waals surface area contributed by atoms with Gasteiger partial charge in [0, 0.05) is 24.9 Å². The summed E-state index contributed by atoms with van der Waals surface area (Å²) in [5, 5.41) is 3.02. The molecule has 0 spiro atoms. The van der Waals surface area contributed by atoms with Gasteiger partial charge < -0.3 is 10.3 Å². The summed E-state index contributed by atoms with van der Waals surface area (Å²) < 4.78 is 0. The highest BCUT2D eigenvalue weighted by atomic mass is 16.1. The van der Waals surface area contributed by atoms with Gasteiger partial charge in [0.25, 0.3) is 0 Å². The number of imidazole rings is 1. The second-order valence-corrected chi connectivity index (χ2v) is 5.24. The first-order chi connectivity index (χ1) is 8.84. The summed E-state index contributed by atoms with van der Waals surface area (Å²) in [5.74, 6) is 0.887. The van der Waals surface area contributed by atoms with E-state index in [1.807, 2.05) is 6.20 Å². The number of nitrogens with zero attached hydrogens (tertiary/aromatic N) is 1. The molecule has 2 rings (SSSR count). The van der Waals surface area contributed by atoms with Crippen LogP contribution in [0.1, 0.15) is 50.6 Å². The molecule has 1 aliphatic rings. The van der Waals surface area contributed by atoms with E-state index < -0.39 is 0 Å². The van der Waals surface area contributed by atoms with Crippen LogP contribution in [0.4, 0.5) is 0 Å². The zero-order valence-electron chi connectivity index (χ0n) is 11.0. The van der Waals surface area contributed by atoms with Gasteiger partial charge >= 0.3 is 0 Å². The van der Waals surface area contributed by atoms with E-state index in [0.29, 0.717) is 5.92 Å². The van der Waals surface area contributed by atoms with Crippen LogP contribution >= 0.6 is 0 Å². The number of aromatic amines is 1. The Morgan fingerprint density at radius 2 is 2.22 bits per heavy atom. The van der Waals surface area contributed by atoms with Crippen LogP contribution in [0.15, 0.2) is 12.5 Å². The second kappa shape index (κ2) is 7.19. The van der Waals surface area contributed by atoms with Crippen LogP contribution in [0.5, 0.6) is 0 Å². The molecule has 1 fully saturated rings. The molecular weight excluding hydrogens is 226 g/mol. The number of H-pyrrole nitrogens is 1. The first kappa shape index (κ1) is 13.1. The molecule has 0 bridgehead atoms. The maximum absolute atomic E-state index is 11.7. The summed E-state index contributed by atoms with van der Waals surface area (Å²) in [6, 6.07) is 0. The van der Waals surface area contributed by atoms with Gasteiger partial charge in [0.2, 0.25) is 5.91 Å². The Kier molecular flexibility index (Phi) is 5.24. The van der Waals surface area contributed by atoms with E-state index >= 15 is 0 Å². The van der Waals surface area contributed by atoms with Crippen molar-refractivity contribution in [3.05, 3.63) is 18.2 Å². The van der Waals surface area contributed by atoms with Gasteiger partial charge in [0.05, 0.1) is 6.33 Å². The average Bonchev–Trinajstić information content (AvgIpc) is 3.01. The van der Waals surface area contributed by atoms with Crippen LogP contribution in [0.3, 0.4) is 0 Å². The lowest BCUT2D eigenvalue weighted by atomic mass is 10.0. The highest BCUT2D eigenvalue weighted by Gasteiger charge is 2.17. The molecule has 1 aliphatic carbocycles. The standard InChI is InChI=1S/C14H23N3O/c18-14(9-12-5-1-2-6-12)16-8-4-3-7-13-10-15-11-17-13/h10-12H,1-9H2,(H,15,17)(H,16,18). The van der Waals surface area contributed by atoms with Crippen molar-refractivity contribution in [2.45, 2.75) is 51.4 Å². The topological polar surface area (TPSA) is 57.8 Å². The van der Waals surface area contributed by atoms with Crippen molar-refractivity contribution in [2.24, 2.45) is 5.92 Å². The SMILES string of the molecule is O=C(CC1CCCC1)NCCCCc1cnc[nH]1. The van der Waals surface area contributed by atoms with Crippen molar-refractivity contribution < 1.29 is 4.79 Å². The minimum absolute atomic E-state index is 0.239. The van der Waals surface area contributed by atoms with Gasteiger partial charge in [0.1, 0.15) is 0 Å². The van der Waals surface area contributed by atoms with Gasteiger partial charge in [-0.25, -0.2) is 4.98 Å². The lowest BCUT2D eigenvalue weighted by molar-refractivity contribution is -0.121.